The van der Waals surface area contributed by atoms with Gasteiger partial charge in [0.05, 0.1) is 12.4 Å². The summed E-state index contributed by atoms with van der Waals surface area (Å²) in [5.74, 6) is 1.64. The second-order valence-electron chi connectivity index (χ2n) is 4.87. The van der Waals surface area contributed by atoms with Crippen molar-refractivity contribution >= 4 is 21.6 Å². The van der Waals surface area contributed by atoms with Crippen molar-refractivity contribution in [2.75, 3.05) is 7.05 Å². The monoisotopic (exact) mass is 331 g/mol. The molecule has 0 N–H and O–H groups in total. The van der Waals surface area contributed by atoms with Crippen LogP contribution < -0.4 is 0 Å². The third-order valence-electron chi connectivity index (χ3n) is 3.41. The van der Waals surface area contributed by atoms with Crippen LogP contribution in [0.15, 0.2) is 21.7 Å². The Balaban J connectivity index is 2.40. The molecule has 0 saturated carbocycles. The normalized spacial score (nSPS) is 12.3. The Hall–Kier alpha value is -1.31. The minimum Gasteiger partial charge on any atom is -0.465 e. The summed E-state index contributed by atoms with van der Waals surface area (Å²) in [4.78, 5) is 4.30. The van der Waals surface area contributed by atoms with Crippen LogP contribution in [0.1, 0.15) is 22.9 Å². The van der Waals surface area contributed by atoms with E-state index in [1.165, 1.54) is 11.4 Å². The fraction of sp³-hybridized carbons (Fsp3) is 0.462. The molecule has 2 aromatic heterocycles. The lowest BCUT2D eigenvalue weighted by Gasteiger charge is -2.17. The Morgan fingerprint density at radius 1 is 1.38 bits per heavy atom. The molecular formula is C13H18ClN3O3S. The largest absolute Gasteiger partial charge is 0.465 e. The van der Waals surface area contributed by atoms with E-state index in [4.69, 9.17) is 16.0 Å². The van der Waals surface area contributed by atoms with Gasteiger partial charge in [-0.25, -0.2) is 13.4 Å². The summed E-state index contributed by atoms with van der Waals surface area (Å²) in [6, 6.07) is 0. The molecule has 0 amide bonds. The standard InChI is InChI=1S/C13H18ClN3O3S/c1-9-11(7-14)13(10(2)20-9)21(18,19)17(4)8-12-15-5-6-16(12)3/h5-6H,7-8H2,1-4H3. The van der Waals surface area contributed by atoms with E-state index >= 15 is 0 Å². The van der Waals surface area contributed by atoms with Crippen LogP contribution in [0.3, 0.4) is 0 Å². The molecule has 0 fully saturated rings. The van der Waals surface area contributed by atoms with Gasteiger partial charge in [0.1, 0.15) is 22.2 Å². The molecule has 0 aromatic carbocycles. The molecule has 0 atom stereocenters. The molecule has 6 nitrogen and oxygen atoms in total. The van der Waals surface area contributed by atoms with Gasteiger partial charge in [-0.3, -0.25) is 0 Å². The molecule has 0 spiro atoms. The van der Waals surface area contributed by atoms with Crippen molar-refractivity contribution in [3.8, 4) is 0 Å². The number of furan rings is 1. The van der Waals surface area contributed by atoms with Crippen LogP contribution in [0, 0.1) is 13.8 Å². The summed E-state index contributed by atoms with van der Waals surface area (Å²) in [5.41, 5.74) is 0.515. The number of hydrogen-bond acceptors (Lipinski definition) is 4. The number of imidazole rings is 1. The van der Waals surface area contributed by atoms with E-state index < -0.39 is 10.0 Å². The highest BCUT2D eigenvalue weighted by Crippen LogP contribution is 2.30. The molecule has 0 aliphatic rings. The number of hydrogen-bond donors (Lipinski definition) is 0. The van der Waals surface area contributed by atoms with Gasteiger partial charge in [0, 0.05) is 32.1 Å². The maximum Gasteiger partial charge on any atom is 0.247 e. The fourth-order valence-corrected chi connectivity index (χ4v) is 4.12. The van der Waals surface area contributed by atoms with Gasteiger partial charge in [0.2, 0.25) is 10.0 Å². The van der Waals surface area contributed by atoms with Gasteiger partial charge in [0.15, 0.2) is 0 Å². The summed E-state index contributed by atoms with van der Waals surface area (Å²) in [5, 5.41) is 0. The predicted octanol–water partition coefficient (Wildman–Crippen LogP) is 2.19. The first-order valence-electron chi connectivity index (χ1n) is 6.36. The maximum atomic E-state index is 12.8. The van der Waals surface area contributed by atoms with Crippen molar-refractivity contribution in [1.29, 1.82) is 0 Å². The Morgan fingerprint density at radius 3 is 2.57 bits per heavy atom. The number of rotatable bonds is 5. The number of halogens is 1. The Kier molecular flexibility index (Phi) is 4.46. The van der Waals surface area contributed by atoms with Crippen LogP contribution >= 0.6 is 11.6 Å². The first-order valence-corrected chi connectivity index (χ1v) is 8.33. The SMILES string of the molecule is Cc1oc(C)c(S(=O)(=O)N(C)Cc2nccn2C)c1CCl. The van der Waals surface area contributed by atoms with Gasteiger partial charge in [-0.05, 0) is 13.8 Å². The number of aromatic nitrogens is 2. The number of sulfonamides is 1. The van der Waals surface area contributed by atoms with Crippen molar-refractivity contribution in [2.24, 2.45) is 7.05 Å². The lowest BCUT2D eigenvalue weighted by Crippen LogP contribution is -2.28. The van der Waals surface area contributed by atoms with Crippen molar-refractivity contribution in [3.05, 3.63) is 35.3 Å². The predicted molar refractivity (Wildman–Crippen MR) is 79.6 cm³/mol. The van der Waals surface area contributed by atoms with E-state index in [2.05, 4.69) is 4.98 Å². The average Bonchev–Trinajstić information content (AvgIpc) is 2.92. The van der Waals surface area contributed by atoms with E-state index in [1.807, 2.05) is 7.05 Å². The van der Waals surface area contributed by atoms with E-state index in [9.17, 15) is 8.42 Å². The molecule has 0 radical (unpaired) electrons. The molecule has 21 heavy (non-hydrogen) atoms. The van der Waals surface area contributed by atoms with Gasteiger partial charge in [-0.15, -0.1) is 11.6 Å². The van der Waals surface area contributed by atoms with E-state index in [1.54, 1.807) is 30.8 Å². The first-order chi connectivity index (χ1) is 9.78. The minimum absolute atomic E-state index is 0.0913. The second kappa shape index (κ2) is 5.82. The Morgan fingerprint density at radius 2 is 2.05 bits per heavy atom. The van der Waals surface area contributed by atoms with Gasteiger partial charge in [-0.2, -0.15) is 4.31 Å². The lowest BCUT2D eigenvalue weighted by atomic mass is 10.3. The molecule has 0 unspecified atom stereocenters. The van der Waals surface area contributed by atoms with Gasteiger partial charge < -0.3 is 8.98 Å². The lowest BCUT2D eigenvalue weighted by molar-refractivity contribution is 0.446. The van der Waals surface area contributed by atoms with Crippen LogP contribution in [0.25, 0.3) is 0 Å². The second-order valence-corrected chi connectivity index (χ2v) is 7.12. The van der Waals surface area contributed by atoms with Crippen molar-refractivity contribution in [1.82, 2.24) is 13.9 Å². The quantitative estimate of drug-likeness (QED) is 0.788. The molecule has 2 aromatic rings. The van der Waals surface area contributed by atoms with Crippen molar-refractivity contribution < 1.29 is 12.8 Å². The summed E-state index contributed by atoms with van der Waals surface area (Å²) >= 11 is 5.87. The van der Waals surface area contributed by atoms with E-state index in [0.717, 1.165) is 0 Å². The van der Waals surface area contributed by atoms with Crippen molar-refractivity contribution in [3.63, 3.8) is 0 Å². The number of alkyl halides is 1. The fourth-order valence-electron chi connectivity index (χ4n) is 2.19. The Labute approximate surface area is 129 Å². The zero-order valence-corrected chi connectivity index (χ0v) is 14.0. The van der Waals surface area contributed by atoms with E-state index in [0.29, 0.717) is 22.9 Å². The number of aryl methyl sites for hydroxylation is 3. The van der Waals surface area contributed by atoms with Crippen LogP contribution in [0.4, 0.5) is 0 Å². The summed E-state index contributed by atoms with van der Waals surface area (Å²) < 4.78 is 34.0. The van der Waals surface area contributed by atoms with Gasteiger partial charge >= 0.3 is 0 Å². The highest BCUT2D eigenvalue weighted by Gasteiger charge is 2.30. The summed E-state index contributed by atoms with van der Waals surface area (Å²) in [6.07, 6.45) is 3.40. The molecule has 0 aliphatic carbocycles. The Bertz CT molecular complexity index is 749. The van der Waals surface area contributed by atoms with Crippen LogP contribution in [0.2, 0.25) is 0 Å². The highest BCUT2D eigenvalue weighted by atomic mass is 35.5. The van der Waals surface area contributed by atoms with Gasteiger partial charge in [0.25, 0.3) is 0 Å². The third-order valence-corrected chi connectivity index (χ3v) is 5.68. The molecule has 0 aliphatic heterocycles. The highest BCUT2D eigenvalue weighted by molar-refractivity contribution is 7.89. The average molecular weight is 332 g/mol. The van der Waals surface area contributed by atoms with Crippen LogP contribution in [-0.4, -0.2) is 29.3 Å². The molecule has 2 rings (SSSR count). The van der Waals surface area contributed by atoms with Crippen molar-refractivity contribution in [2.45, 2.75) is 31.2 Å². The molecule has 2 heterocycles. The topological polar surface area (TPSA) is 68.3 Å². The number of nitrogens with zero attached hydrogens (tertiary/aromatic N) is 3. The first kappa shape index (κ1) is 16.1. The molecular weight excluding hydrogens is 314 g/mol. The zero-order valence-electron chi connectivity index (χ0n) is 12.4. The summed E-state index contributed by atoms with van der Waals surface area (Å²) in [6.45, 7) is 3.52. The molecule has 0 saturated heterocycles. The third kappa shape index (κ3) is 2.86. The molecule has 116 valence electrons. The smallest absolute Gasteiger partial charge is 0.247 e. The maximum absolute atomic E-state index is 12.8. The van der Waals surface area contributed by atoms with Gasteiger partial charge in [-0.1, -0.05) is 0 Å². The van der Waals surface area contributed by atoms with Crippen LogP contribution in [0.5, 0.6) is 0 Å². The molecule has 8 heteroatoms. The summed E-state index contributed by atoms with van der Waals surface area (Å²) in [7, 11) is -0.345. The minimum atomic E-state index is -3.68. The molecule has 0 bridgehead atoms. The van der Waals surface area contributed by atoms with E-state index in [-0.39, 0.29) is 17.3 Å². The zero-order chi connectivity index (χ0) is 15.8. The van der Waals surface area contributed by atoms with Crippen LogP contribution in [-0.2, 0) is 29.5 Å².